The van der Waals surface area contributed by atoms with Gasteiger partial charge >= 0.3 is 0 Å². The summed E-state index contributed by atoms with van der Waals surface area (Å²) in [5.74, 6) is -0.175. The van der Waals surface area contributed by atoms with E-state index in [9.17, 15) is 30.3 Å². The van der Waals surface area contributed by atoms with Crippen LogP contribution in [0.3, 0.4) is 0 Å². The van der Waals surface area contributed by atoms with Crippen molar-refractivity contribution in [3.8, 4) is 0 Å². The van der Waals surface area contributed by atoms with Gasteiger partial charge in [-0.2, -0.15) is 0 Å². The summed E-state index contributed by atoms with van der Waals surface area (Å²) >= 11 is 0. The summed E-state index contributed by atoms with van der Waals surface area (Å²) in [5, 5.41) is 54.1. The van der Waals surface area contributed by atoms with Gasteiger partial charge in [-0.3, -0.25) is 4.79 Å². The first-order valence-electron chi connectivity index (χ1n) is 23.9. The van der Waals surface area contributed by atoms with E-state index in [0.29, 0.717) is 6.42 Å². The smallest absolute Gasteiger partial charge is 0.220 e. The molecule has 1 rings (SSSR count). The number of carbonyl (C=O) groups excluding carboxylic acids is 1. The lowest BCUT2D eigenvalue weighted by molar-refractivity contribution is -0.302. The van der Waals surface area contributed by atoms with Crippen molar-refractivity contribution in [1.82, 2.24) is 5.32 Å². The molecule has 1 saturated heterocycles. The van der Waals surface area contributed by atoms with E-state index in [2.05, 4.69) is 19.2 Å². The molecular formula is C47H91NO8. The number of hydrogen-bond donors (Lipinski definition) is 6. The molecule has 1 fully saturated rings. The van der Waals surface area contributed by atoms with Crippen LogP contribution in [0.1, 0.15) is 226 Å². The highest BCUT2D eigenvalue weighted by Crippen LogP contribution is 2.23. The molecule has 0 aromatic heterocycles. The first-order chi connectivity index (χ1) is 27.3. The van der Waals surface area contributed by atoms with Crippen molar-refractivity contribution >= 4 is 5.91 Å². The maximum absolute atomic E-state index is 12.9. The van der Waals surface area contributed by atoms with Crippen LogP contribution in [-0.4, -0.2) is 87.5 Å². The second kappa shape index (κ2) is 38.2. The maximum atomic E-state index is 12.9. The number of aliphatic hydroxyl groups excluding tert-OH is 5. The quantitative estimate of drug-likeness (QED) is 0.0265. The molecule has 0 spiro atoms. The number of ether oxygens (including phenoxy) is 2. The summed E-state index contributed by atoms with van der Waals surface area (Å²) in [6, 6.07) is -0.797. The van der Waals surface area contributed by atoms with E-state index in [1.165, 1.54) is 167 Å². The van der Waals surface area contributed by atoms with Crippen LogP contribution in [0.4, 0.5) is 0 Å². The van der Waals surface area contributed by atoms with Gasteiger partial charge in [-0.25, -0.2) is 0 Å². The van der Waals surface area contributed by atoms with Crippen molar-refractivity contribution < 1.29 is 39.8 Å². The Morgan fingerprint density at radius 1 is 0.589 bits per heavy atom. The second-order valence-electron chi connectivity index (χ2n) is 16.9. The topological polar surface area (TPSA) is 149 Å². The van der Waals surface area contributed by atoms with Crippen molar-refractivity contribution in [1.29, 1.82) is 0 Å². The molecule has 1 aliphatic rings. The third-order valence-corrected chi connectivity index (χ3v) is 11.6. The highest BCUT2D eigenvalue weighted by atomic mass is 16.7. The number of unbranched alkanes of at least 4 members (excludes halogenated alkanes) is 30. The maximum Gasteiger partial charge on any atom is 0.220 e. The highest BCUT2D eigenvalue weighted by Gasteiger charge is 2.44. The van der Waals surface area contributed by atoms with E-state index >= 15 is 0 Å². The van der Waals surface area contributed by atoms with E-state index in [1.807, 2.05) is 6.08 Å². The lowest BCUT2D eigenvalue weighted by Gasteiger charge is -2.40. The average molecular weight is 798 g/mol. The van der Waals surface area contributed by atoms with E-state index in [1.54, 1.807) is 6.08 Å². The van der Waals surface area contributed by atoms with Crippen LogP contribution < -0.4 is 5.32 Å². The lowest BCUT2D eigenvalue weighted by atomic mass is 9.99. The molecule has 0 aromatic carbocycles. The Kier molecular flexibility index (Phi) is 36.1. The minimum Gasteiger partial charge on any atom is -0.394 e. The number of aliphatic hydroxyl groups is 5. The Hall–Kier alpha value is -1.07. The van der Waals surface area contributed by atoms with Crippen LogP contribution in [0.15, 0.2) is 12.2 Å². The fourth-order valence-corrected chi connectivity index (χ4v) is 7.75. The fraction of sp³-hybridized carbons (Fsp3) is 0.936. The third-order valence-electron chi connectivity index (χ3n) is 11.6. The van der Waals surface area contributed by atoms with Gasteiger partial charge in [-0.1, -0.05) is 212 Å². The summed E-state index contributed by atoms with van der Waals surface area (Å²) in [6.07, 6.45) is 37.0. The zero-order valence-corrected chi connectivity index (χ0v) is 36.4. The first-order valence-corrected chi connectivity index (χ1v) is 23.9. The van der Waals surface area contributed by atoms with Gasteiger partial charge in [0, 0.05) is 6.42 Å². The van der Waals surface area contributed by atoms with Crippen LogP contribution >= 0.6 is 0 Å². The van der Waals surface area contributed by atoms with Crippen molar-refractivity contribution in [2.24, 2.45) is 0 Å². The Morgan fingerprint density at radius 2 is 0.982 bits per heavy atom. The lowest BCUT2D eigenvalue weighted by Crippen LogP contribution is -2.60. The first kappa shape index (κ1) is 52.9. The van der Waals surface area contributed by atoms with Crippen molar-refractivity contribution in [3.05, 3.63) is 12.2 Å². The minimum atomic E-state index is -1.56. The molecule has 9 nitrogen and oxygen atoms in total. The molecule has 7 atom stereocenters. The fourth-order valence-electron chi connectivity index (χ4n) is 7.75. The summed E-state index contributed by atoms with van der Waals surface area (Å²) < 4.78 is 11.2. The minimum absolute atomic E-state index is 0.175. The molecule has 56 heavy (non-hydrogen) atoms. The summed E-state index contributed by atoms with van der Waals surface area (Å²) in [6.45, 7) is 3.76. The number of hydrogen-bond acceptors (Lipinski definition) is 8. The number of amides is 1. The molecule has 332 valence electrons. The van der Waals surface area contributed by atoms with Crippen molar-refractivity contribution in [2.75, 3.05) is 13.2 Å². The molecule has 6 N–H and O–H groups in total. The Morgan fingerprint density at radius 3 is 1.39 bits per heavy atom. The van der Waals surface area contributed by atoms with Crippen LogP contribution in [0.25, 0.3) is 0 Å². The summed E-state index contributed by atoms with van der Waals surface area (Å²) in [7, 11) is 0. The summed E-state index contributed by atoms with van der Waals surface area (Å²) in [5.41, 5.74) is 0. The molecule has 0 bridgehead atoms. The van der Waals surface area contributed by atoms with Gasteiger partial charge in [0.05, 0.1) is 25.4 Å². The highest BCUT2D eigenvalue weighted by molar-refractivity contribution is 5.76. The molecule has 2 unspecified atom stereocenters. The van der Waals surface area contributed by atoms with Gasteiger partial charge in [-0.15, -0.1) is 0 Å². The SMILES string of the molecule is CCCCCCCCCC/C=C/[C@@H](O)[C@H](CO[C@H]1O[C@@H](CO)[C@H](O)C(O)C1O)NC(=O)CCCCCCCCCCCCCCCCCCCCCCCCC. The largest absolute Gasteiger partial charge is 0.394 e. The zero-order valence-electron chi connectivity index (χ0n) is 36.4. The number of carbonyl (C=O) groups is 1. The molecule has 0 aromatic rings. The van der Waals surface area contributed by atoms with Gasteiger partial charge in [-0.05, 0) is 19.3 Å². The third kappa shape index (κ3) is 28.4. The normalized spacial score (nSPS) is 21.2. The summed E-state index contributed by atoms with van der Waals surface area (Å²) in [4.78, 5) is 12.9. The molecule has 9 heteroatoms. The number of rotatable bonds is 40. The second-order valence-corrected chi connectivity index (χ2v) is 16.9. The van der Waals surface area contributed by atoms with Crippen molar-refractivity contribution in [3.63, 3.8) is 0 Å². The van der Waals surface area contributed by atoms with Crippen molar-refractivity contribution in [2.45, 2.75) is 269 Å². The van der Waals surface area contributed by atoms with Crippen LogP contribution in [0, 0.1) is 0 Å². The number of nitrogens with one attached hydrogen (secondary N) is 1. The van der Waals surface area contributed by atoms with Gasteiger partial charge in [0.1, 0.15) is 24.4 Å². The Balaban J connectivity index is 2.22. The van der Waals surface area contributed by atoms with E-state index in [0.717, 1.165) is 38.5 Å². The molecule has 1 heterocycles. The Bertz CT molecular complexity index is 888. The molecule has 1 amide bonds. The van der Waals surface area contributed by atoms with Crippen LogP contribution in [0.2, 0.25) is 0 Å². The molecule has 0 saturated carbocycles. The molecular weight excluding hydrogens is 707 g/mol. The van der Waals surface area contributed by atoms with Crippen LogP contribution in [-0.2, 0) is 14.3 Å². The Labute approximate surface area is 344 Å². The standard InChI is InChI=1S/C47H91NO8/c1-3-5-7-9-11-13-15-16-17-18-19-20-21-22-23-24-25-26-27-29-31-33-35-37-43(51)48-40(39-55-47-46(54)45(53)44(52)42(38-49)56-47)41(50)36-34-32-30-28-14-12-10-8-6-4-2/h34,36,40-42,44-47,49-50,52-54H,3-33,35,37-39H2,1-2H3,(H,48,51)/b36-34+/t40-,41+,42-,44-,45?,46?,47-/m0/s1. The average Bonchev–Trinajstić information content (AvgIpc) is 3.20. The van der Waals surface area contributed by atoms with Gasteiger partial charge in [0.25, 0.3) is 0 Å². The molecule has 0 radical (unpaired) electrons. The van der Waals surface area contributed by atoms with Gasteiger partial charge in [0.15, 0.2) is 6.29 Å². The van der Waals surface area contributed by atoms with Gasteiger partial charge in [0.2, 0.25) is 5.91 Å². The predicted octanol–water partition coefficient (Wildman–Crippen LogP) is 10.1. The predicted molar refractivity (Wildman–Crippen MR) is 231 cm³/mol. The molecule has 0 aliphatic carbocycles. The zero-order chi connectivity index (χ0) is 40.9. The van der Waals surface area contributed by atoms with E-state index < -0.39 is 49.5 Å². The van der Waals surface area contributed by atoms with Gasteiger partial charge < -0.3 is 40.3 Å². The van der Waals surface area contributed by atoms with E-state index in [4.69, 9.17) is 9.47 Å². The van der Waals surface area contributed by atoms with E-state index in [-0.39, 0.29) is 12.5 Å². The number of allylic oxidation sites excluding steroid dienone is 1. The van der Waals surface area contributed by atoms with Crippen LogP contribution in [0.5, 0.6) is 0 Å². The molecule has 1 aliphatic heterocycles. The monoisotopic (exact) mass is 798 g/mol.